The van der Waals surface area contributed by atoms with Gasteiger partial charge in [-0.25, -0.2) is 9.78 Å². The molecule has 0 amide bonds. The van der Waals surface area contributed by atoms with E-state index in [2.05, 4.69) is 19.9 Å². The van der Waals surface area contributed by atoms with Gasteiger partial charge in [0.05, 0.1) is 0 Å². The molecule has 0 aliphatic carbocycles. The number of phenolic OH excluding ortho intramolecular Hbond substituents is 2. The van der Waals surface area contributed by atoms with Gasteiger partial charge in [-0.05, 0) is 18.2 Å². The van der Waals surface area contributed by atoms with E-state index in [9.17, 15) is 19.8 Å². The van der Waals surface area contributed by atoms with Crippen LogP contribution in [0.3, 0.4) is 0 Å². The summed E-state index contributed by atoms with van der Waals surface area (Å²) in [6, 6.07) is 4.10. The van der Waals surface area contributed by atoms with Crippen molar-refractivity contribution in [1.82, 2.24) is 19.9 Å². The molecular formula is C11H8N4O4. The van der Waals surface area contributed by atoms with Gasteiger partial charge in [0.2, 0.25) is 0 Å². The SMILES string of the molecule is O=c1[nH]c(=O)c2[nH]c(-c3ccc(O)c(O)c3)nc2[nH]1. The van der Waals surface area contributed by atoms with Crippen LogP contribution in [0.15, 0.2) is 27.8 Å². The predicted molar refractivity (Wildman–Crippen MR) is 66.1 cm³/mol. The summed E-state index contributed by atoms with van der Waals surface area (Å²) >= 11 is 0. The molecule has 2 heterocycles. The zero-order chi connectivity index (χ0) is 13.6. The van der Waals surface area contributed by atoms with Crippen LogP contribution in [0.4, 0.5) is 0 Å². The molecule has 96 valence electrons. The first-order valence-corrected chi connectivity index (χ1v) is 5.29. The fourth-order valence-corrected chi connectivity index (χ4v) is 1.74. The Morgan fingerprint density at radius 1 is 1.00 bits per heavy atom. The van der Waals surface area contributed by atoms with E-state index >= 15 is 0 Å². The fraction of sp³-hybridized carbons (Fsp3) is 0. The highest BCUT2D eigenvalue weighted by molar-refractivity contribution is 5.75. The van der Waals surface area contributed by atoms with Crippen molar-refractivity contribution >= 4 is 11.2 Å². The number of aromatic hydroxyl groups is 2. The summed E-state index contributed by atoms with van der Waals surface area (Å²) in [5, 5.41) is 18.6. The summed E-state index contributed by atoms with van der Waals surface area (Å²) in [7, 11) is 0. The molecule has 0 saturated heterocycles. The van der Waals surface area contributed by atoms with Gasteiger partial charge in [0.15, 0.2) is 17.1 Å². The van der Waals surface area contributed by atoms with Crippen LogP contribution in [0.25, 0.3) is 22.6 Å². The summed E-state index contributed by atoms with van der Waals surface area (Å²) in [5.74, 6) is -0.274. The summed E-state index contributed by atoms with van der Waals surface area (Å²) in [4.78, 5) is 33.9. The Labute approximate surface area is 104 Å². The number of aromatic nitrogens is 4. The monoisotopic (exact) mass is 260 g/mol. The molecule has 0 unspecified atom stereocenters. The number of rotatable bonds is 1. The van der Waals surface area contributed by atoms with E-state index in [1.165, 1.54) is 18.2 Å². The van der Waals surface area contributed by atoms with Crippen LogP contribution in [0.2, 0.25) is 0 Å². The van der Waals surface area contributed by atoms with Gasteiger partial charge in [-0.3, -0.25) is 14.8 Å². The fourth-order valence-electron chi connectivity index (χ4n) is 1.74. The largest absolute Gasteiger partial charge is 0.504 e. The Kier molecular flexibility index (Phi) is 2.18. The predicted octanol–water partition coefficient (Wildman–Crippen LogP) is 0.0177. The Morgan fingerprint density at radius 3 is 2.53 bits per heavy atom. The average molecular weight is 260 g/mol. The minimum Gasteiger partial charge on any atom is -0.504 e. The molecule has 0 spiro atoms. The molecule has 0 fully saturated rings. The van der Waals surface area contributed by atoms with Crippen molar-refractivity contribution in [3.63, 3.8) is 0 Å². The first kappa shape index (κ1) is 11.1. The normalized spacial score (nSPS) is 10.9. The number of H-pyrrole nitrogens is 3. The van der Waals surface area contributed by atoms with Crippen molar-refractivity contribution in [3.8, 4) is 22.9 Å². The van der Waals surface area contributed by atoms with E-state index in [1.54, 1.807) is 0 Å². The molecule has 0 aliphatic heterocycles. The number of fused-ring (bicyclic) bond motifs is 1. The first-order chi connectivity index (χ1) is 9.04. The van der Waals surface area contributed by atoms with Gasteiger partial charge in [-0.15, -0.1) is 0 Å². The third kappa shape index (κ3) is 1.75. The second kappa shape index (κ2) is 3.73. The highest BCUT2D eigenvalue weighted by Crippen LogP contribution is 2.29. The van der Waals surface area contributed by atoms with E-state index in [-0.39, 0.29) is 28.5 Å². The summed E-state index contributed by atoms with van der Waals surface area (Å²) < 4.78 is 0. The van der Waals surface area contributed by atoms with Crippen molar-refractivity contribution in [2.45, 2.75) is 0 Å². The van der Waals surface area contributed by atoms with Crippen molar-refractivity contribution in [2.75, 3.05) is 0 Å². The molecule has 3 aromatic rings. The quantitative estimate of drug-likeness (QED) is 0.393. The standard InChI is InChI=1S/C11H8N4O4/c16-5-2-1-4(3-6(5)17)8-12-7-9(13-8)14-11(19)15-10(7)18/h1-3,16-17H,(H3,12,13,14,15,18,19). The van der Waals surface area contributed by atoms with Crippen molar-refractivity contribution in [2.24, 2.45) is 0 Å². The molecule has 0 atom stereocenters. The van der Waals surface area contributed by atoms with Gasteiger partial charge in [-0.1, -0.05) is 0 Å². The van der Waals surface area contributed by atoms with E-state index < -0.39 is 11.2 Å². The van der Waals surface area contributed by atoms with Crippen LogP contribution in [0.5, 0.6) is 11.5 Å². The molecule has 1 aromatic carbocycles. The van der Waals surface area contributed by atoms with E-state index in [1.807, 2.05) is 0 Å². The van der Waals surface area contributed by atoms with Gasteiger partial charge < -0.3 is 15.2 Å². The lowest BCUT2D eigenvalue weighted by molar-refractivity contribution is 0.404. The molecule has 8 heteroatoms. The summed E-state index contributed by atoms with van der Waals surface area (Å²) in [6.45, 7) is 0. The molecule has 0 bridgehead atoms. The highest BCUT2D eigenvalue weighted by Gasteiger charge is 2.10. The molecule has 0 radical (unpaired) electrons. The number of imidazole rings is 1. The van der Waals surface area contributed by atoms with Crippen LogP contribution in [-0.2, 0) is 0 Å². The molecule has 3 rings (SSSR count). The molecule has 5 N–H and O–H groups in total. The minimum absolute atomic E-state index is 0.122. The second-order valence-electron chi connectivity index (χ2n) is 3.92. The van der Waals surface area contributed by atoms with Crippen LogP contribution in [0.1, 0.15) is 0 Å². The van der Waals surface area contributed by atoms with Crippen molar-refractivity contribution in [1.29, 1.82) is 0 Å². The zero-order valence-corrected chi connectivity index (χ0v) is 9.39. The van der Waals surface area contributed by atoms with Gasteiger partial charge >= 0.3 is 5.69 Å². The minimum atomic E-state index is -0.649. The third-order valence-electron chi connectivity index (χ3n) is 2.64. The Morgan fingerprint density at radius 2 is 1.79 bits per heavy atom. The number of benzene rings is 1. The smallest absolute Gasteiger partial charge is 0.327 e. The Bertz CT molecular complexity index is 890. The lowest BCUT2D eigenvalue weighted by Crippen LogP contribution is -2.21. The molecule has 2 aromatic heterocycles. The van der Waals surface area contributed by atoms with Crippen molar-refractivity contribution in [3.05, 3.63) is 39.0 Å². The lowest BCUT2D eigenvalue weighted by Gasteiger charge is -1.99. The number of nitrogens with one attached hydrogen (secondary N) is 3. The second-order valence-corrected chi connectivity index (χ2v) is 3.92. The lowest BCUT2D eigenvalue weighted by atomic mass is 10.2. The third-order valence-corrected chi connectivity index (χ3v) is 2.64. The van der Waals surface area contributed by atoms with E-state index in [4.69, 9.17) is 0 Å². The topological polar surface area (TPSA) is 135 Å². The van der Waals surface area contributed by atoms with Gasteiger partial charge in [0.25, 0.3) is 5.56 Å². The zero-order valence-electron chi connectivity index (χ0n) is 9.39. The maximum atomic E-state index is 11.5. The van der Waals surface area contributed by atoms with Gasteiger partial charge in [0, 0.05) is 5.56 Å². The molecule has 0 aliphatic rings. The van der Waals surface area contributed by atoms with Crippen molar-refractivity contribution < 1.29 is 10.2 Å². The molecule has 19 heavy (non-hydrogen) atoms. The number of nitrogens with zero attached hydrogens (tertiary/aromatic N) is 1. The first-order valence-electron chi connectivity index (χ1n) is 5.29. The number of phenols is 2. The Hall–Kier alpha value is -3.03. The van der Waals surface area contributed by atoms with E-state index in [0.29, 0.717) is 5.56 Å². The molecule has 8 nitrogen and oxygen atoms in total. The average Bonchev–Trinajstić information content (AvgIpc) is 2.76. The number of aromatic amines is 3. The summed E-state index contributed by atoms with van der Waals surface area (Å²) in [5.41, 5.74) is -0.519. The van der Waals surface area contributed by atoms with Crippen LogP contribution >= 0.6 is 0 Å². The summed E-state index contributed by atoms with van der Waals surface area (Å²) in [6.07, 6.45) is 0. The number of hydrogen-bond acceptors (Lipinski definition) is 5. The maximum Gasteiger partial charge on any atom is 0.327 e. The van der Waals surface area contributed by atoms with Crippen LogP contribution < -0.4 is 11.2 Å². The van der Waals surface area contributed by atoms with Gasteiger partial charge in [0.1, 0.15) is 11.3 Å². The maximum absolute atomic E-state index is 11.5. The van der Waals surface area contributed by atoms with Crippen LogP contribution in [0, 0.1) is 0 Å². The van der Waals surface area contributed by atoms with Crippen LogP contribution in [-0.4, -0.2) is 30.1 Å². The molecular weight excluding hydrogens is 252 g/mol. The highest BCUT2D eigenvalue weighted by atomic mass is 16.3. The molecule has 0 saturated carbocycles. The van der Waals surface area contributed by atoms with E-state index in [0.717, 1.165) is 0 Å². The van der Waals surface area contributed by atoms with Gasteiger partial charge in [-0.2, -0.15) is 0 Å². The Balaban J connectivity index is 2.26. The number of hydrogen-bond donors (Lipinski definition) is 5.